The van der Waals surface area contributed by atoms with E-state index in [0.717, 1.165) is 24.0 Å². The van der Waals surface area contributed by atoms with E-state index in [4.69, 9.17) is 5.73 Å². The maximum Gasteiger partial charge on any atom is 0.156 e. The van der Waals surface area contributed by atoms with Gasteiger partial charge in [-0.15, -0.1) is 0 Å². The lowest BCUT2D eigenvalue weighted by Gasteiger charge is -2.44. The van der Waals surface area contributed by atoms with E-state index in [2.05, 4.69) is 15.1 Å². The van der Waals surface area contributed by atoms with Crippen LogP contribution in [0.25, 0.3) is 0 Å². The van der Waals surface area contributed by atoms with E-state index in [-0.39, 0.29) is 0 Å². The number of hydrogen-bond donors (Lipinski definition) is 3. The SMILES string of the molecule is NC1CCC2C(C1)[NH2+]C1CN(C[C@H]3CCC[NH+]4CCCC[C@H]34)CCN12. The van der Waals surface area contributed by atoms with Gasteiger partial charge in [0.25, 0.3) is 0 Å². The van der Waals surface area contributed by atoms with Gasteiger partial charge in [-0.3, -0.25) is 4.90 Å². The van der Waals surface area contributed by atoms with Gasteiger partial charge in [0.05, 0.1) is 31.7 Å². The topological polar surface area (TPSA) is 53.5 Å². The molecule has 7 atom stereocenters. The van der Waals surface area contributed by atoms with Gasteiger partial charge in [-0.2, -0.15) is 0 Å². The largest absolute Gasteiger partial charge is 0.332 e. The van der Waals surface area contributed by atoms with Gasteiger partial charge in [-0.1, -0.05) is 0 Å². The number of fused-ring (bicyclic) bond motifs is 4. The fourth-order valence-electron chi connectivity index (χ4n) is 7.09. The molecule has 0 amide bonds. The van der Waals surface area contributed by atoms with Crippen LogP contribution >= 0.6 is 0 Å². The van der Waals surface area contributed by atoms with Gasteiger partial charge in [-0.05, 0) is 44.9 Å². The first-order valence-electron chi connectivity index (χ1n) is 11.2. The Labute approximate surface area is 153 Å². The molecule has 4 saturated heterocycles. The van der Waals surface area contributed by atoms with Crippen LogP contribution in [0.4, 0.5) is 0 Å². The Morgan fingerprint density at radius 2 is 1.92 bits per heavy atom. The molecule has 1 saturated carbocycles. The zero-order valence-corrected chi connectivity index (χ0v) is 15.9. The first-order chi connectivity index (χ1) is 12.3. The number of hydrogen-bond acceptors (Lipinski definition) is 3. The second kappa shape index (κ2) is 7.08. The molecule has 142 valence electrons. The molecule has 1 aliphatic carbocycles. The first kappa shape index (κ1) is 16.9. The fraction of sp³-hybridized carbons (Fsp3) is 1.00. The highest BCUT2D eigenvalue weighted by Crippen LogP contribution is 2.28. The van der Waals surface area contributed by atoms with Gasteiger partial charge in [0.1, 0.15) is 6.04 Å². The Balaban J connectivity index is 1.20. The smallest absolute Gasteiger partial charge is 0.156 e. The molecule has 0 radical (unpaired) electrons. The highest BCUT2D eigenvalue weighted by molar-refractivity contribution is 4.95. The van der Waals surface area contributed by atoms with E-state index in [1.165, 1.54) is 90.6 Å². The Kier molecular flexibility index (Phi) is 4.80. The third-order valence-electron chi connectivity index (χ3n) is 8.27. The number of nitrogens with zero attached hydrogens (tertiary/aromatic N) is 2. The summed E-state index contributed by atoms with van der Waals surface area (Å²) in [6.45, 7) is 8.18. The van der Waals surface area contributed by atoms with E-state index in [0.29, 0.717) is 12.2 Å². The Hall–Kier alpha value is -0.200. The predicted molar refractivity (Wildman–Crippen MR) is 99.3 cm³/mol. The van der Waals surface area contributed by atoms with E-state index >= 15 is 0 Å². The molecule has 0 aromatic carbocycles. The van der Waals surface area contributed by atoms with Crippen molar-refractivity contribution in [1.82, 2.24) is 9.80 Å². The van der Waals surface area contributed by atoms with Crippen molar-refractivity contribution in [1.29, 1.82) is 0 Å². The number of nitrogens with one attached hydrogen (secondary N) is 1. The maximum absolute atomic E-state index is 6.24. The van der Waals surface area contributed by atoms with E-state index in [1.807, 2.05) is 4.90 Å². The number of nitrogens with two attached hydrogens (primary N) is 2. The van der Waals surface area contributed by atoms with Crippen LogP contribution < -0.4 is 16.0 Å². The molecule has 0 aromatic rings. The Morgan fingerprint density at radius 3 is 2.88 bits per heavy atom. The summed E-state index contributed by atoms with van der Waals surface area (Å²) >= 11 is 0. The fourth-order valence-corrected chi connectivity index (χ4v) is 7.09. The molecule has 5 unspecified atom stereocenters. The molecule has 0 spiro atoms. The highest BCUT2D eigenvalue weighted by Gasteiger charge is 2.49. The lowest BCUT2D eigenvalue weighted by Crippen LogP contribution is -3.18. The maximum atomic E-state index is 6.24. The van der Waals surface area contributed by atoms with Crippen molar-refractivity contribution in [2.24, 2.45) is 11.7 Å². The minimum atomic E-state index is 0.456. The average Bonchev–Trinajstić information content (AvgIpc) is 2.98. The normalized spacial score (nSPS) is 48.6. The van der Waals surface area contributed by atoms with Crippen molar-refractivity contribution >= 4 is 0 Å². The minimum absolute atomic E-state index is 0.456. The van der Waals surface area contributed by atoms with Crippen LogP contribution in [0.5, 0.6) is 0 Å². The van der Waals surface area contributed by atoms with E-state index in [1.54, 1.807) is 0 Å². The Morgan fingerprint density at radius 1 is 1.00 bits per heavy atom. The van der Waals surface area contributed by atoms with Crippen LogP contribution in [0.2, 0.25) is 0 Å². The average molecular weight is 350 g/mol. The molecule has 4 heterocycles. The number of piperazine rings is 1. The van der Waals surface area contributed by atoms with Crippen molar-refractivity contribution in [3.63, 3.8) is 0 Å². The van der Waals surface area contributed by atoms with Crippen molar-refractivity contribution < 1.29 is 10.2 Å². The molecule has 0 aromatic heterocycles. The molecule has 4 aliphatic heterocycles. The summed E-state index contributed by atoms with van der Waals surface area (Å²) in [5, 5.41) is 2.69. The van der Waals surface area contributed by atoms with E-state index < -0.39 is 0 Å². The standard InChI is InChI=1S/C20H37N5/c21-16-6-7-19-17(12-16)22-20-14-23(10-11-25(19)20)13-15-4-3-9-24-8-2-1-5-18(15)24/h15-20,22H,1-14,21H2/p+2/t15-,16?,17?,18-,19?,20?/m1/s1. The molecule has 5 fully saturated rings. The van der Waals surface area contributed by atoms with Gasteiger partial charge in [0, 0.05) is 38.0 Å². The lowest BCUT2D eigenvalue weighted by atomic mass is 9.83. The van der Waals surface area contributed by atoms with Crippen LogP contribution in [0.3, 0.4) is 0 Å². The van der Waals surface area contributed by atoms with Crippen molar-refractivity contribution in [3.8, 4) is 0 Å². The van der Waals surface area contributed by atoms with Gasteiger partial charge < -0.3 is 16.0 Å². The summed E-state index contributed by atoms with van der Waals surface area (Å²) in [4.78, 5) is 7.62. The van der Waals surface area contributed by atoms with Gasteiger partial charge in [0.2, 0.25) is 0 Å². The number of rotatable bonds is 2. The minimum Gasteiger partial charge on any atom is -0.332 e. The van der Waals surface area contributed by atoms with Crippen molar-refractivity contribution in [3.05, 3.63) is 0 Å². The molecule has 0 bridgehead atoms. The van der Waals surface area contributed by atoms with Crippen molar-refractivity contribution in [2.45, 2.75) is 81.7 Å². The van der Waals surface area contributed by atoms with Crippen LogP contribution in [0, 0.1) is 5.92 Å². The third-order valence-corrected chi connectivity index (χ3v) is 8.27. The van der Waals surface area contributed by atoms with E-state index in [9.17, 15) is 0 Å². The molecule has 25 heavy (non-hydrogen) atoms. The van der Waals surface area contributed by atoms with Crippen LogP contribution in [0.1, 0.15) is 51.4 Å². The first-order valence-corrected chi connectivity index (χ1v) is 11.2. The molecule has 5 aliphatic rings. The van der Waals surface area contributed by atoms with Crippen LogP contribution in [-0.4, -0.2) is 79.4 Å². The summed E-state index contributed by atoms with van der Waals surface area (Å²) in [5.41, 5.74) is 6.24. The predicted octanol–water partition coefficient (Wildman–Crippen LogP) is -1.40. The van der Waals surface area contributed by atoms with Gasteiger partial charge in [0.15, 0.2) is 6.17 Å². The van der Waals surface area contributed by atoms with Crippen LogP contribution in [0.15, 0.2) is 0 Å². The number of piperidine rings is 2. The summed E-state index contributed by atoms with van der Waals surface area (Å²) < 4.78 is 0. The summed E-state index contributed by atoms with van der Waals surface area (Å²) in [7, 11) is 0. The van der Waals surface area contributed by atoms with Crippen molar-refractivity contribution in [2.75, 3.05) is 39.3 Å². The van der Waals surface area contributed by atoms with Crippen LogP contribution in [-0.2, 0) is 0 Å². The lowest BCUT2D eigenvalue weighted by molar-refractivity contribution is -0.940. The quantitative estimate of drug-likeness (QED) is 0.575. The van der Waals surface area contributed by atoms with Gasteiger partial charge >= 0.3 is 0 Å². The monoisotopic (exact) mass is 349 g/mol. The zero-order chi connectivity index (χ0) is 16.8. The molecule has 5 nitrogen and oxygen atoms in total. The molecule has 5 heteroatoms. The number of quaternary nitrogens is 2. The third kappa shape index (κ3) is 3.27. The zero-order valence-electron chi connectivity index (χ0n) is 15.9. The highest BCUT2D eigenvalue weighted by atomic mass is 15.4. The molecular weight excluding hydrogens is 310 g/mol. The summed E-state index contributed by atoms with van der Waals surface area (Å²) in [5.74, 6) is 0.965. The molecule has 5 rings (SSSR count). The summed E-state index contributed by atoms with van der Waals surface area (Å²) in [6, 6.07) is 3.03. The Bertz CT molecular complexity index is 469. The second-order valence-electron chi connectivity index (χ2n) is 9.72. The second-order valence-corrected chi connectivity index (χ2v) is 9.72. The summed E-state index contributed by atoms with van der Waals surface area (Å²) in [6.07, 6.45) is 11.9. The molecular formula is C20H39N5+2. The van der Waals surface area contributed by atoms with Gasteiger partial charge in [-0.25, -0.2) is 4.90 Å². The molecule has 5 N–H and O–H groups in total.